The molecule has 20 heavy (non-hydrogen) atoms. The smallest absolute Gasteiger partial charge is 0.418 e. The van der Waals surface area contributed by atoms with Gasteiger partial charge in [0, 0.05) is 11.0 Å². The molecule has 4 nitrogen and oxygen atoms in total. The number of nitrogen functional groups attached to an aromatic ring is 1. The summed E-state index contributed by atoms with van der Waals surface area (Å²) in [6.45, 7) is 1.04. The Kier molecular flexibility index (Phi) is 4.85. The van der Waals surface area contributed by atoms with Crippen LogP contribution in [-0.2, 0) is 11.0 Å². The number of anilines is 2. The van der Waals surface area contributed by atoms with Crippen LogP contribution in [0.2, 0.25) is 0 Å². The standard InChI is InChI=1S/C11H11BrF4N2O2/c1-2-18(9(13)10(19)20)8-6(11(14,15)16)3-5(12)4-7(8)17/h3-4,9H,2,17H2,1H3,(H,19,20). The SMILES string of the molecule is CCN(c1c(N)cc(Br)cc1C(F)(F)F)C(F)C(=O)O. The van der Waals surface area contributed by atoms with Crippen LogP contribution in [-0.4, -0.2) is 23.9 Å². The van der Waals surface area contributed by atoms with E-state index in [1.165, 1.54) is 6.92 Å². The number of alkyl halides is 4. The quantitative estimate of drug-likeness (QED) is 0.492. The summed E-state index contributed by atoms with van der Waals surface area (Å²) in [5, 5.41) is 8.64. The van der Waals surface area contributed by atoms with Gasteiger partial charge in [-0.05, 0) is 19.1 Å². The van der Waals surface area contributed by atoms with Crippen LogP contribution in [0.1, 0.15) is 12.5 Å². The first-order valence-electron chi connectivity index (χ1n) is 5.39. The molecule has 3 N–H and O–H groups in total. The van der Waals surface area contributed by atoms with E-state index in [2.05, 4.69) is 15.9 Å². The largest absolute Gasteiger partial charge is 0.478 e. The molecule has 0 heterocycles. The number of aliphatic carboxylic acids is 1. The lowest BCUT2D eigenvalue weighted by Crippen LogP contribution is -2.39. The summed E-state index contributed by atoms with van der Waals surface area (Å²) < 4.78 is 52.7. The fourth-order valence-electron chi connectivity index (χ4n) is 1.72. The number of likely N-dealkylation sites (N-methyl/N-ethyl adjacent to an activating group) is 1. The molecule has 0 spiro atoms. The molecule has 0 saturated heterocycles. The number of halogens is 5. The molecule has 0 amide bonds. The number of carboxylic acid groups (broad SMARTS) is 1. The second-order valence-corrected chi connectivity index (χ2v) is 4.76. The molecular weight excluding hydrogens is 348 g/mol. The van der Waals surface area contributed by atoms with Crippen molar-refractivity contribution >= 4 is 33.3 Å². The molecule has 1 unspecified atom stereocenters. The summed E-state index contributed by atoms with van der Waals surface area (Å²) >= 11 is 2.87. The Hall–Kier alpha value is -1.51. The van der Waals surface area contributed by atoms with Crippen molar-refractivity contribution in [2.75, 3.05) is 17.2 Å². The number of carboxylic acids is 1. The molecule has 0 bridgehead atoms. The van der Waals surface area contributed by atoms with Crippen LogP contribution in [0.4, 0.5) is 28.9 Å². The molecule has 1 aromatic carbocycles. The Morgan fingerprint density at radius 1 is 1.50 bits per heavy atom. The molecule has 112 valence electrons. The summed E-state index contributed by atoms with van der Waals surface area (Å²) in [6.07, 6.45) is -7.41. The molecule has 9 heteroatoms. The van der Waals surface area contributed by atoms with Crippen LogP contribution in [0.25, 0.3) is 0 Å². The zero-order valence-corrected chi connectivity index (χ0v) is 11.8. The van der Waals surface area contributed by atoms with E-state index in [1.807, 2.05) is 0 Å². The van der Waals surface area contributed by atoms with E-state index in [-0.39, 0.29) is 16.7 Å². The van der Waals surface area contributed by atoms with Gasteiger partial charge in [-0.2, -0.15) is 13.2 Å². The van der Waals surface area contributed by atoms with Gasteiger partial charge in [-0.1, -0.05) is 15.9 Å². The van der Waals surface area contributed by atoms with Gasteiger partial charge in [0.05, 0.1) is 16.9 Å². The minimum Gasteiger partial charge on any atom is -0.478 e. The predicted molar refractivity (Wildman–Crippen MR) is 69.1 cm³/mol. The van der Waals surface area contributed by atoms with Crippen LogP contribution in [0.15, 0.2) is 16.6 Å². The molecule has 1 atom stereocenters. The van der Waals surface area contributed by atoms with E-state index < -0.39 is 29.7 Å². The maximum absolute atomic E-state index is 13.6. The van der Waals surface area contributed by atoms with Gasteiger partial charge in [0.2, 0.25) is 0 Å². The number of benzene rings is 1. The van der Waals surface area contributed by atoms with Gasteiger partial charge in [0.25, 0.3) is 6.30 Å². The van der Waals surface area contributed by atoms with Crippen LogP contribution in [0.3, 0.4) is 0 Å². The number of rotatable bonds is 4. The Labute approximate surface area is 120 Å². The molecule has 1 aromatic rings. The van der Waals surface area contributed by atoms with Crippen molar-refractivity contribution in [2.24, 2.45) is 0 Å². The van der Waals surface area contributed by atoms with Gasteiger partial charge in [-0.25, -0.2) is 9.18 Å². The minimum atomic E-state index is -4.79. The van der Waals surface area contributed by atoms with Crippen molar-refractivity contribution in [3.63, 3.8) is 0 Å². The zero-order valence-electron chi connectivity index (χ0n) is 10.2. The monoisotopic (exact) mass is 358 g/mol. The summed E-state index contributed by atoms with van der Waals surface area (Å²) in [7, 11) is 0. The fourth-order valence-corrected chi connectivity index (χ4v) is 2.20. The predicted octanol–water partition coefficient (Wildman–Crippen LogP) is 3.26. The summed E-state index contributed by atoms with van der Waals surface area (Å²) in [4.78, 5) is 11.1. The molecule has 0 radical (unpaired) electrons. The molecule has 0 fully saturated rings. The van der Waals surface area contributed by atoms with Gasteiger partial charge >= 0.3 is 12.1 Å². The van der Waals surface area contributed by atoms with E-state index >= 15 is 0 Å². The third-order valence-corrected chi connectivity index (χ3v) is 2.97. The number of carbonyl (C=O) groups is 1. The highest BCUT2D eigenvalue weighted by Gasteiger charge is 2.38. The van der Waals surface area contributed by atoms with E-state index in [1.54, 1.807) is 0 Å². The summed E-state index contributed by atoms with van der Waals surface area (Å²) in [5.41, 5.74) is 3.26. The van der Waals surface area contributed by atoms with E-state index in [4.69, 9.17) is 10.8 Å². The number of hydrogen-bond donors (Lipinski definition) is 2. The lowest BCUT2D eigenvalue weighted by molar-refractivity contribution is -0.143. The van der Waals surface area contributed by atoms with Crippen LogP contribution >= 0.6 is 15.9 Å². The van der Waals surface area contributed by atoms with Gasteiger partial charge in [0.1, 0.15) is 0 Å². The number of hydrogen-bond acceptors (Lipinski definition) is 3. The van der Waals surface area contributed by atoms with Crippen LogP contribution < -0.4 is 10.6 Å². The molecule has 0 aliphatic heterocycles. The summed E-state index contributed by atoms with van der Waals surface area (Å²) in [5.74, 6) is -1.89. The van der Waals surface area contributed by atoms with Crippen molar-refractivity contribution in [2.45, 2.75) is 19.4 Å². The normalized spacial score (nSPS) is 13.1. The number of nitrogens with zero attached hydrogens (tertiary/aromatic N) is 1. The Balaban J connectivity index is 3.52. The highest BCUT2D eigenvalue weighted by molar-refractivity contribution is 9.10. The lowest BCUT2D eigenvalue weighted by atomic mass is 10.1. The molecular formula is C11H11BrF4N2O2. The van der Waals surface area contributed by atoms with E-state index in [0.29, 0.717) is 4.90 Å². The van der Waals surface area contributed by atoms with Gasteiger partial charge in [-0.15, -0.1) is 0 Å². The van der Waals surface area contributed by atoms with Crippen molar-refractivity contribution in [1.82, 2.24) is 0 Å². The maximum Gasteiger partial charge on any atom is 0.418 e. The topological polar surface area (TPSA) is 66.6 Å². The van der Waals surface area contributed by atoms with Crippen molar-refractivity contribution in [1.29, 1.82) is 0 Å². The van der Waals surface area contributed by atoms with E-state index in [0.717, 1.165) is 12.1 Å². The van der Waals surface area contributed by atoms with Gasteiger partial charge in [-0.3, -0.25) is 0 Å². The van der Waals surface area contributed by atoms with Gasteiger partial charge in [0.15, 0.2) is 0 Å². The minimum absolute atomic E-state index is 0.0628. The highest BCUT2D eigenvalue weighted by Crippen LogP contribution is 2.42. The van der Waals surface area contributed by atoms with Crippen molar-refractivity contribution < 1.29 is 27.5 Å². The van der Waals surface area contributed by atoms with Crippen molar-refractivity contribution in [3.8, 4) is 0 Å². The zero-order chi connectivity index (χ0) is 15.7. The highest BCUT2D eigenvalue weighted by atomic mass is 79.9. The van der Waals surface area contributed by atoms with Crippen LogP contribution in [0.5, 0.6) is 0 Å². The average molecular weight is 359 g/mol. The first-order valence-corrected chi connectivity index (χ1v) is 6.18. The molecule has 1 rings (SSSR count). The second kappa shape index (κ2) is 5.86. The third kappa shape index (κ3) is 3.33. The maximum atomic E-state index is 13.6. The first-order chi connectivity index (χ1) is 9.09. The summed E-state index contributed by atoms with van der Waals surface area (Å²) in [6, 6.07) is 1.88. The fraction of sp³-hybridized carbons (Fsp3) is 0.364. The third-order valence-electron chi connectivity index (χ3n) is 2.51. The molecule has 0 aromatic heterocycles. The Bertz CT molecular complexity index is 522. The second-order valence-electron chi connectivity index (χ2n) is 3.85. The lowest BCUT2D eigenvalue weighted by Gasteiger charge is -2.29. The molecule has 0 aliphatic rings. The van der Waals surface area contributed by atoms with Gasteiger partial charge < -0.3 is 15.7 Å². The Morgan fingerprint density at radius 3 is 2.45 bits per heavy atom. The first kappa shape index (κ1) is 16.5. The molecule has 0 saturated carbocycles. The average Bonchev–Trinajstić information content (AvgIpc) is 2.30. The van der Waals surface area contributed by atoms with E-state index in [9.17, 15) is 22.4 Å². The number of nitrogens with two attached hydrogens (primary N) is 1. The Morgan fingerprint density at radius 2 is 2.05 bits per heavy atom. The van der Waals surface area contributed by atoms with Crippen LogP contribution in [0, 0.1) is 0 Å². The van der Waals surface area contributed by atoms with Crippen molar-refractivity contribution in [3.05, 3.63) is 22.2 Å². The molecule has 0 aliphatic carbocycles.